The van der Waals surface area contributed by atoms with Crippen molar-refractivity contribution in [3.63, 3.8) is 0 Å². The number of carbonyl (C=O) groups excluding carboxylic acids is 1. The molecule has 0 aliphatic carbocycles. The lowest BCUT2D eigenvalue weighted by atomic mass is 10.1. The molecule has 0 atom stereocenters. The van der Waals surface area contributed by atoms with E-state index in [2.05, 4.69) is 11.8 Å². The summed E-state index contributed by atoms with van der Waals surface area (Å²) >= 11 is 0. The van der Waals surface area contributed by atoms with Crippen LogP contribution in [0.15, 0.2) is 18.2 Å². The minimum Gasteiger partial charge on any atom is -0.486 e. The van der Waals surface area contributed by atoms with Crippen LogP contribution in [0.25, 0.3) is 0 Å². The van der Waals surface area contributed by atoms with Crippen molar-refractivity contribution in [1.82, 2.24) is 4.90 Å². The van der Waals surface area contributed by atoms with Crippen LogP contribution < -0.4 is 15.2 Å². The second-order valence-corrected chi connectivity index (χ2v) is 5.36. The molecular formula is C16H24N2O3. The molecule has 1 heterocycles. The SMILES string of the molecule is CCCCCN(CC(N)=O)Cc1ccc2c(c1)OCCO2. The third-order valence-electron chi connectivity index (χ3n) is 3.47. The van der Waals surface area contributed by atoms with E-state index in [1.165, 1.54) is 0 Å². The zero-order valence-corrected chi connectivity index (χ0v) is 12.6. The molecule has 0 bridgehead atoms. The number of amides is 1. The predicted molar refractivity (Wildman–Crippen MR) is 81.4 cm³/mol. The van der Waals surface area contributed by atoms with Crippen LogP contribution in [0.1, 0.15) is 31.7 Å². The summed E-state index contributed by atoms with van der Waals surface area (Å²) in [5, 5.41) is 0. The molecule has 0 spiro atoms. The van der Waals surface area contributed by atoms with Gasteiger partial charge < -0.3 is 15.2 Å². The Morgan fingerprint density at radius 3 is 2.71 bits per heavy atom. The van der Waals surface area contributed by atoms with Crippen LogP contribution in [0.5, 0.6) is 11.5 Å². The average Bonchev–Trinajstić information content (AvgIpc) is 2.46. The molecule has 2 rings (SSSR count). The van der Waals surface area contributed by atoms with E-state index >= 15 is 0 Å². The van der Waals surface area contributed by atoms with Gasteiger partial charge in [-0.2, -0.15) is 0 Å². The second kappa shape index (κ2) is 7.88. The van der Waals surface area contributed by atoms with Gasteiger partial charge in [-0.25, -0.2) is 0 Å². The number of unbranched alkanes of at least 4 members (excludes halogenated alkanes) is 2. The molecule has 1 amide bonds. The van der Waals surface area contributed by atoms with Crippen LogP contribution in [0.2, 0.25) is 0 Å². The van der Waals surface area contributed by atoms with Gasteiger partial charge in [-0.05, 0) is 30.7 Å². The maximum Gasteiger partial charge on any atom is 0.231 e. The number of rotatable bonds is 8. The van der Waals surface area contributed by atoms with Crippen molar-refractivity contribution < 1.29 is 14.3 Å². The standard InChI is InChI=1S/C16H24N2O3/c1-2-3-4-7-18(12-16(17)19)11-13-5-6-14-15(10-13)21-9-8-20-14/h5-6,10H,2-4,7-9,11-12H2,1H3,(H2,17,19). The number of ether oxygens (including phenoxy) is 2. The summed E-state index contributed by atoms with van der Waals surface area (Å²) in [4.78, 5) is 13.3. The molecule has 0 radical (unpaired) electrons. The van der Waals surface area contributed by atoms with E-state index in [-0.39, 0.29) is 12.5 Å². The average molecular weight is 292 g/mol. The summed E-state index contributed by atoms with van der Waals surface area (Å²) < 4.78 is 11.1. The van der Waals surface area contributed by atoms with Gasteiger partial charge in [0.25, 0.3) is 0 Å². The van der Waals surface area contributed by atoms with Gasteiger partial charge in [0.05, 0.1) is 6.54 Å². The van der Waals surface area contributed by atoms with Crippen molar-refractivity contribution in [3.05, 3.63) is 23.8 Å². The van der Waals surface area contributed by atoms with Gasteiger partial charge in [0.2, 0.25) is 5.91 Å². The number of benzene rings is 1. The molecule has 1 aromatic rings. The third kappa shape index (κ3) is 4.93. The fourth-order valence-electron chi connectivity index (χ4n) is 2.46. The first-order valence-electron chi connectivity index (χ1n) is 7.58. The largest absolute Gasteiger partial charge is 0.486 e. The van der Waals surface area contributed by atoms with E-state index in [9.17, 15) is 4.79 Å². The maximum absolute atomic E-state index is 11.2. The van der Waals surface area contributed by atoms with Crippen LogP contribution in [0.3, 0.4) is 0 Å². The fourth-order valence-corrected chi connectivity index (χ4v) is 2.46. The predicted octanol–water partition coefficient (Wildman–Crippen LogP) is 1.94. The number of hydrogen-bond donors (Lipinski definition) is 1. The molecule has 1 aliphatic rings. The highest BCUT2D eigenvalue weighted by molar-refractivity contribution is 5.75. The Hall–Kier alpha value is -1.75. The summed E-state index contributed by atoms with van der Waals surface area (Å²) in [6.45, 7) is 5.21. The van der Waals surface area contributed by atoms with E-state index in [1.54, 1.807) is 0 Å². The third-order valence-corrected chi connectivity index (χ3v) is 3.47. The zero-order valence-electron chi connectivity index (χ0n) is 12.6. The normalized spacial score (nSPS) is 13.4. The molecule has 0 saturated heterocycles. The molecular weight excluding hydrogens is 268 g/mol. The number of primary amides is 1. The van der Waals surface area contributed by atoms with Gasteiger partial charge in [-0.1, -0.05) is 25.8 Å². The fraction of sp³-hybridized carbons (Fsp3) is 0.562. The summed E-state index contributed by atoms with van der Waals surface area (Å²) in [7, 11) is 0. The van der Waals surface area contributed by atoms with E-state index in [0.29, 0.717) is 19.8 Å². The summed E-state index contributed by atoms with van der Waals surface area (Å²) in [5.74, 6) is 1.29. The van der Waals surface area contributed by atoms with Gasteiger partial charge in [0, 0.05) is 6.54 Å². The molecule has 1 aliphatic heterocycles. The quantitative estimate of drug-likeness (QED) is 0.744. The highest BCUT2D eigenvalue weighted by Gasteiger charge is 2.14. The first-order chi connectivity index (χ1) is 10.2. The smallest absolute Gasteiger partial charge is 0.231 e. The number of fused-ring (bicyclic) bond motifs is 1. The van der Waals surface area contributed by atoms with Crippen molar-refractivity contribution in [2.75, 3.05) is 26.3 Å². The lowest BCUT2D eigenvalue weighted by Gasteiger charge is -2.23. The van der Waals surface area contributed by atoms with Gasteiger partial charge >= 0.3 is 0 Å². The van der Waals surface area contributed by atoms with Crippen LogP contribution in [0, 0.1) is 0 Å². The highest BCUT2D eigenvalue weighted by Crippen LogP contribution is 2.31. The van der Waals surface area contributed by atoms with E-state index in [4.69, 9.17) is 15.2 Å². The Bertz CT molecular complexity index is 477. The summed E-state index contributed by atoms with van der Waals surface area (Å²) in [5.41, 5.74) is 6.45. The van der Waals surface area contributed by atoms with Crippen molar-refractivity contribution in [1.29, 1.82) is 0 Å². The molecule has 116 valence electrons. The van der Waals surface area contributed by atoms with Crippen molar-refractivity contribution in [3.8, 4) is 11.5 Å². The molecule has 1 aromatic carbocycles. The molecule has 5 heteroatoms. The van der Waals surface area contributed by atoms with Gasteiger partial charge in [0.15, 0.2) is 11.5 Å². The van der Waals surface area contributed by atoms with E-state index in [0.717, 1.165) is 42.9 Å². The monoisotopic (exact) mass is 292 g/mol. The van der Waals surface area contributed by atoms with Gasteiger partial charge in [-0.3, -0.25) is 9.69 Å². The first-order valence-corrected chi connectivity index (χ1v) is 7.58. The van der Waals surface area contributed by atoms with E-state index < -0.39 is 0 Å². The topological polar surface area (TPSA) is 64.8 Å². The Labute approximate surface area is 126 Å². The minimum atomic E-state index is -0.288. The molecule has 0 fully saturated rings. The Morgan fingerprint density at radius 2 is 2.00 bits per heavy atom. The Morgan fingerprint density at radius 1 is 1.24 bits per heavy atom. The van der Waals surface area contributed by atoms with Crippen LogP contribution in [-0.2, 0) is 11.3 Å². The maximum atomic E-state index is 11.2. The molecule has 2 N–H and O–H groups in total. The zero-order chi connectivity index (χ0) is 15.1. The number of nitrogens with two attached hydrogens (primary N) is 1. The highest BCUT2D eigenvalue weighted by atomic mass is 16.6. The summed E-state index contributed by atoms with van der Waals surface area (Å²) in [6, 6.07) is 5.93. The number of carbonyl (C=O) groups is 1. The van der Waals surface area contributed by atoms with Crippen LogP contribution >= 0.6 is 0 Å². The minimum absolute atomic E-state index is 0.288. The van der Waals surface area contributed by atoms with Crippen molar-refractivity contribution >= 4 is 5.91 Å². The van der Waals surface area contributed by atoms with Crippen LogP contribution in [-0.4, -0.2) is 37.1 Å². The Balaban J connectivity index is 1.99. The molecule has 0 unspecified atom stereocenters. The number of nitrogens with zero attached hydrogens (tertiary/aromatic N) is 1. The first kappa shape index (κ1) is 15.6. The molecule has 5 nitrogen and oxygen atoms in total. The Kier molecular flexibility index (Phi) is 5.87. The van der Waals surface area contributed by atoms with Crippen molar-refractivity contribution in [2.45, 2.75) is 32.7 Å². The van der Waals surface area contributed by atoms with Crippen molar-refractivity contribution in [2.24, 2.45) is 5.73 Å². The molecule has 0 saturated carbocycles. The van der Waals surface area contributed by atoms with Gasteiger partial charge in [0.1, 0.15) is 13.2 Å². The lowest BCUT2D eigenvalue weighted by molar-refractivity contribution is -0.119. The number of hydrogen-bond acceptors (Lipinski definition) is 4. The molecule has 0 aromatic heterocycles. The second-order valence-electron chi connectivity index (χ2n) is 5.36. The van der Waals surface area contributed by atoms with E-state index in [1.807, 2.05) is 18.2 Å². The molecule has 21 heavy (non-hydrogen) atoms. The lowest BCUT2D eigenvalue weighted by Crippen LogP contribution is -2.34. The van der Waals surface area contributed by atoms with Crippen LogP contribution in [0.4, 0.5) is 0 Å². The summed E-state index contributed by atoms with van der Waals surface area (Å²) in [6.07, 6.45) is 3.40. The van der Waals surface area contributed by atoms with Gasteiger partial charge in [-0.15, -0.1) is 0 Å².